The van der Waals surface area contributed by atoms with Crippen molar-refractivity contribution in [1.29, 1.82) is 0 Å². The Morgan fingerprint density at radius 1 is 0.875 bits per heavy atom. The van der Waals surface area contributed by atoms with Gasteiger partial charge in [0.15, 0.2) is 5.96 Å². The first-order valence-electron chi connectivity index (χ1n) is 11.5. The van der Waals surface area contributed by atoms with Gasteiger partial charge in [-0.1, -0.05) is 12.1 Å². The van der Waals surface area contributed by atoms with Gasteiger partial charge in [0.2, 0.25) is 0 Å². The van der Waals surface area contributed by atoms with Crippen LogP contribution in [0.25, 0.3) is 0 Å². The highest BCUT2D eigenvalue weighted by molar-refractivity contribution is 5.94. The van der Waals surface area contributed by atoms with Crippen molar-refractivity contribution in [2.45, 2.75) is 25.8 Å². The van der Waals surface area contributed by atoms with Crippen LogP contribution in [0.4, 0.5) is 10.1 Å². The topological polar surface area (TPSA) is 51.2 Å². The van der Waals surface area contributed by atoms with Crippen molar-refractivity contribution in [1.82, 2.24) is 15.1 Å². The molecule has 2 saturated heterocycles. The predicted octanol–water partition coefficient (Wildman–Crippen LogP) is 3.35. The highest BCUT2D eigenvalue weighted by Gasteiger charge is 2.20. The smallest absolute Gasteiger partial charge is 0.253 e. The number of aliphatic imine (C=N–C) groups is 1. The number of likely N-dealkylation sites (tertiary alicyclic amines) is 1. The Morgan fingerprint density at radius 2 is 1.53 bits per heavy atom. The first-order valence-corrected chi connectivity index (χ1v) is 11.5. The van der Waals surface area contributed by atoms with Gasteiger partial charge >= 0.3 is 0 Å². The Morgan fingerprint density at radius 3 is 2.16 bits per heavy atom. The number of hydrogen-bond acceptors (Lipinski definition) is 3. The molecular formula is C25H32FN5O. The maximum Gasteiger partial charge on any atom is 0.253 e. The Balaban J connectivity index is 1.27. The molecule has 2 aliphatic heterocycles. The van der Waals surface area contributed by atoms with E-state index in [4.69, 9.17) is 0 Å². The average molecular weight is 438 g/mol. The lowest BCUT2D eigenvalue weighted by molar-refractivity contribution is 0.0724. The van der Waals surface area contributed by atoms with E-state index in [0.717, 1.165) is 74.9 Å². The van der Waals surface area contributed by atoms with E-state index in [1.54, 1.807) is 7.05 Å². The third-order valence-electron chi connectivity index (χ3n) is 6.28. The standard InChI is InChI=1S/C25H32FN5O/c1-27-25(31-17-15-29(16-18-31)23-11-9-22(26)10-12-23)28-19-20-5-7-21(8-6-20)24(32)30-13-3-2-4-14-30/h5-12H,2-4,13-19H2,1H3,(H,27,28). The number of rotatable bonds is 4. The van der Waals surface area contributed by atoms with Crippen LogP contribution in [0.2, 0.25) is 0 Å². The number of hydrogen-bond donors (Lipinski definition) is 1. The minimum absolute atomic E-state index is 0.138. The largest absolute Gasteiger partial charge is 0.368 e. The van der Waals surface area contributed by atoms with Gasteiger partial charge in [0.1, 0.15) is 5.82 Å². The molecule has 2 aromatic rings. The number of benzene rings is 2. The molecule has 0 radical (unpaired) electrons. The van der Waals surface area contributed by atoms with Crippen LogP contribution >= 0.6 is 0 Å². The molecule has 1 amide bonds. The van der Waals surface area contributed by atoms with Crippen molar-refractivity contribution < 1.29 is 9.18 Å². The second-order valence-electron chi connectivity index (χ2n) is 8.40. The van der Waals surface area contributed by atoms with Crippen LogP contribution in [-0.4, -0.2) is 68.0 Å². The van der Waals surface area contributed by atoms with Gasteiger partial charge in [0, 0.05) is 64.1 Å². The van der Waals surface area contributed by atoms with Crippen LogP contribution in [0.5, 0.6) is 0 Å². The molecular weight excluding hydrogens is 405 g/mol. The van der Waals surface area contributed by atoms with E-state index < -0.39 is 0 Å². The SMILES string of the molecule is CN=C(NCc1ccc(C(=O)N2CCCCC2)cc1)N1CCN(c2ccc(F)cc2)CC1. The van der Waals surface area contributed by atoms with Crippen molar-refractivity contribution in [3.8, 4) is 0 Å². The minimum atomic E-state index is -0.208. The van der Waals surface area contributed by atoms with E-state index in [2.05, 4.69) is 20.1 Å². The molecule has 6 nitrogen and oxygen atoms in total. The van der Waals surface area contributed by atoms with Gasteiger partial charge in [-0.05, 0) is 61.2 Å². The maximum absolute atomic E-state index is 13.2. The second kappa shape index (κ2) is 10.5. The lowest BCUT2D eigenvalue weighted by atomic mass is 10.1. The summed E-state index contributed by atoms with van der Waals surface area (Å²) >= 11 is 0. The number of carbonyl (C=O) groups excluding carboxylic acids is 1. The number of guanidine groups is 1. The van der Waals surface area contributed by atoms with E-state index in [-0.39, 0.29) is 11.7 Å². The number of piperazine rings is 1. The van der Waals surface area contributed by atoms with E-state index in [1.165, 1.54) is 18.6 Å². The molecule has 1 N–H and O–H groups in total. The number of halogens is 1. The third kappa shape index (κ3) is 5.39. The Labute approximate surface area is 189 Å². The highest BCUT2D eigenvalue weighted by Crippen LogP contribution is 2.17. The van der Waals surface area contributed by atoms with Gasteiger partial charge in [-0.25, -0.2) is 4.39 Å². The summed E-state index contributed by atoms with van der Waals surface area (Å²) in [5.41, 5.74) is 2.93. The zero-order valence-electron chi connectivity index (χ0n) is 18.8. The first kappa shape index (κ1) is 22.1. The number of nitrogens with one attached hydrogen (secondary N) is 1. The van der Waals surface area contributed by atoms with Crippen molar-refractivity contribution in [2.24, 2.45) is 4.99 Å². The van der Waals surface area contributed by atoms with Crippen molar-refractivity contribution in [3.63, 3.8) is 0 Å². The van der Waals surface area contributed by atoms with Crippen LogP contribution in [0.15, 0.2) is 53.5 Å². The molecule has 0 aromatic heterocycles. The summed E-state index contributed by atoms with van der Waals surface area (Å²) in [6, 6.07) is 14.6. The number of carbonyl (C=O) groups is 1. The quantitative estimate of drug-likeness (QED) is 0.589. The van der Waals surface area contributed by atoms with Gasteiger partial charge < -0.3 is 20.0 Å². The van der Waals surface area contributed by atoms with Crippen LogP contribution < -0.4 is 10.2 Å². The predicted molar refractivity (Wildman–Crippen MR) is 127 cm³/mol. The molecule has 0 saturated carbocycles. The minimum Gasteiger partial charge on any atom is -0.368 e. The molecule has 2 fully saturated rings. The third-order valence-corrected chi connectivity index (χ3v) is 6.28. The number of nitrogens with zero attached hydrogens (tertiary/aromatic N) is 4. The summed E-state index contributed by atoms with van der Waals surface area (Å²) in [5, 5.41) is 3.44. The lowest BCUT2D eigenvalue weighted by Crippen LogP contribution is -2.52. The molecule has 0 unspecified atom stereocenters. The zero-order chi connectivity index (χ0) is 22.3. The maximum atomic E-state index is 13.2. The second-order valence-corrected chi connectivity index (χ2v) is 8.40. The van der Waals surface area contributed by atoms with Crippen LogP contribution in [0.3, 0.4) is 0 Å². The summed E-state index contributed by atoms with van der Waals surface area (Å²) in [5.74, 6) is 0.803. The zero-order valence-corrected chi connectivity index (χ0v) is 18.8. The average Bonchev–Trinajstić information content (AvgIpc) is 2.86. The number of amides is 1. The first-order chi connectivity index (χ1) is 15.6. The van der Waals surface area contributed by atoms with Gasteiger partial charge in [-0.3, -0.25) is 9.79 Å². The molecule has 0 bridgehead atoms. The van der Waals surface area contributed by atoms with Crippen LogP contribution in [0, 0.1) is 5.82 Å². The van der Waals surface area contributed by atoms with Gasteiger partial charge in [0.25, 0.3) is 5.91 Å². The van der Waals surface area contributed by atoms with Crippen LogP contribution in [-0.2, 0) is 6.54 Å². The van der Waals surface area contributed by atoms with E-state index in [9.17, 15) is 9.18 Å². The molecule has 2 aliphatic rings. The van der Waals surface area contributed by atoms with E-state index >= 15 is 0 Å². The summed E-state index contributed by atoms with van der Waals surface area (Å²) < 4.78 is 13.2. The fraction of sp³-hybridized carbons (Fsp3) is 0.440. The van der Waals surface area contributed by atoms with Crippen LogP contribution in [0.1, 0.15) is 35.2 Å². The molecule has 2 heterocycles. The molecule has 32 heavy (non-hydrogen) atoms. The Kier molecular flexibility index (Phi) is 7.24. The monoisotopic (exact) mass is 437 g/mol. The highest BCUT2D eigenvalue weighted by atomic mass is 19.1. The molecule has 0 atom stereocenters. The molecule has 0 spiro atoms. The lowest BCUT2D eigenvalue weighted by Gasteiger charge is -2.37. The fourth-order valence-corrected chi connectivity index (χ4v) is 4.39. The van der Waals surface area contributed by atoms with Crippen molar-refractivity contribution in [2.75, 3.05) is 51.2 Å². The Bertz CT molecular complexity index is 914. The van der Waals surface area contributed by atoms with Crippen molar-refractivity contribution in [3.05, 3.63) is 65.5 Å². The molecule has 0 aliphatic carbocycles. The molecule has 170 valence electrons. The van der Waals surface area contributed by atoms with Gasteiger partial charge in [0.05, 0.1) is 0 Å². The Hall–Kier alpha value is -3.09. The van der Waals surface area contributed by atoms with Gasteiger partial charge in [-0.2, -0.15) is 0 Å². The van der Waals surface area contributed by atoms with Gasteiger partial charge in [-0.15, -0.1) is 0 Å². The van der Waals surface area contributed by atoms with Crippen molar-refractivity contribution >= 4 is 17.6 Å². The summed E-state index contributed by atoms with van der Waals surface area (Å²) in [7, 11) is 1.80. The summed E-state index contributed by atoms with van der Waals surface area (Å²) in [4.78, 5) is 23.6. The normalized spacial score (nSPS) is 17.4. The number of piperidine rings is 1. The summed E-state index contributed by atoms with van der Waals surface area (Å²) in [6.07, 6.45) is 3.42. The number of anilines is 1. The fourth-order valence-electron chi connectivity index (χ4n) is 4.39. The molecule has 4 rings (SSSR count). The molecule has 7 heteroatoms. The molecule has 2 aromatic carbocycles. The summed E-state index contributed by atoms with van der Waals surface area (Å²) in [6.45, 7) is 5.81. The van der Waals surface area contributed by atoms with E-state index in [0.29, 0.717) is 6.54 Å². The van der Waals surface area contributed by atoms with E-state index in [1.807, 2.05) is 41.3 Å².